The molecule has 1 rings (SSSR count). The maximum absolute atomic E-state index is 12.5. The molecule has 0 saturated carbocycles. The van der Waals surface area contributed by atoms with Crippen LogP contribution in [-0.4, -0.2) is 16.3 Å². The van der Waals surface area contributed by atoms with Gasteiger partial charge in [0.2, 0.25) is 0 Å². The third kappa shape index (κ3) is 3.25. The molecule has 10 heteroatoms. The normalized spacial score (nSPS) is 11.7. The summed E-state index contributed by atoms with van der Waals surface area (Å²) in [5.74, 6) is -1.50. The Hall–Kier alpha value is -2.00. The Kier molecular flexibility index (Phi) is 3.67. The van der Waals surface area contributed by atoms with Crippen LogP contribution >= 0.6 is 0 Å². The molecule has 5 nitrogen and oxygen atoms in total. The predicted octanol–water partition coefficient (Wildman–Crippen LogP) is 3.13. The van der Waals surface area contributed by atoms with Crippen molar-refractivity contribution >= 4 is 5.69 Å². The van der Waals surface area contributed by atoms with Crippen molar-refractivity contribution in [1.29, 1.82) is 0 Å². The summed E-state index contributed by atoms with van der Waals surface area (Å²) < 4.78 is 64.2. The maximum Gasteiger partial charge on any atom is 0.574 e. The van der Waals surface area contributed by atoms with Crippen molar-refractivity contribution in [2.75, 3.05) is 0 Å². The van der Waals surface area contributed by atoms with Crippen LogP contribution in [0.25, 0.3) is 0 Å². The van der Waals surface area contributed by atoms with Gasteiger partial charge in [-0.1, -0.05) is 0 Å². The van der Waals surface area contributed by atoms with Crippen molar-refractivity contribution in [3.63, 3.8) is 0 Å². The molecule has 100 valence electrons. The van der Waals surface area contributed by atoms with Crippen molar-refractivity contribution in [3.8, 4) is 5.88 Å². The average molecular weight is 272 g/mol. The molecule has 1 aromatic rings. The molecule has 0 spiro atoms. The summed E-state index contributed by atoms with van der Waals surface area (Å²) in [6.45, 7) is 1.11. The van der Waals surface area contributed by atoms with E-state index in [4.69, 9.17) is 0 Å². The molecule has 0 unspecified atom stereocenters. The van der Waals surface area contributed by atoms with Gasteiger partial charge in [0.25, 0.3) is 6.43 Å². The molecular weight excluding hydrogens is 267 g/mol. The Balaban J connectivity index is 3.44. The van der Waals surface area contributed by atoms with E-state index in [0.29, 0.717) is 6.07 Å². The van der Waals surface area contributed by atoms with Crippen molar-refractivity contribution in [2.45, 2.75) is 19.7 Å². The molecule has 0 aromatic carbocycles. The zero-order valence-electron chi connectivity index (χ0n) is 8.66. The van der Waals surface area contributed by atoms with Crippen LogP contribution in [0.1, 0.15) is 17.7 Å². The highest BCUT2D eigenvalue weighted by atomic mass is 19.4. The fourth-order valence-corrected chi connectivity index (χ4v) is 1.19. The van der Waals surface area contributed by atoms with Gasteiger partial charge in [0, 0.05) is 5.69 Å². The van der Waals surface area contributed by atoms with Gasteiger partial charge in [0.1, 0.15) is 5.56 Å². The first-order valence-corrected chi connectivity index (χ1v) is 4.31. The fraction of sp³-hybridized carbons (Fsp3) is 0.375. The molecule has 0 aliphatic heterocycles. The van der Waals surface area contributed by atoms with E-state index in [1.165, 1.54) is 0 Å². The Labute approximate surface area is 96.3 Å². The highest BCUT2D eigenvalue weighted by molar-refractivity contribution is 5.50. The SMILES string of the molecule is Cc1cc(C(F)F)c([N+](=O)[O-])c(OC(F)(F)F)n1. The lowest BCUT2D eigenvalue weighted by Gasteiger charge is -2.11. The van der Waals surface area contributed by atoms with Crippen molar-refractivity contribution in [2.24, 2.45) is 0 Å². The Morgan fingerprint density at radius 1 is 1.44 bits per heavy atom. The molecule has 0 radical (unpaired) electrons. The van der Waals surface area contributed by atoms with Crippen LogP contribution in [0.15, 0.2) is 6.07 Å². The van der Waals surface area contributed by atoms with E-state index >= 15 is 0 Å². The monoisotopic (exact) mass is 272 g/mol. The molecule has 18 heavy (non-hydrogen) atoms. The molecule has 0 amide bonds. The maximum atomic E-state index is 12.5. The number of aryl methyl sites for hydroxylation is 1. The number of halogens is 5. The van der Waals surface area contributed by atoms with Crippen molar-refractivity contribution in [3.05, 3.63) is 27.4 Å². The summed E-state index contributed by atoms with van der Waals surface area (Å²) in [5, 5.41) is 10.5. The molecule has 0 aliphatic carbocycles. The van der Waals surface area contributed by atoms with E-state index < -0.39 is 34.8 Å². The standard InChI is InChI=1S/C8H5F5N2O3/c1-3-2-4(6(9)10)5(15(16)17)7(14-3)18-8(11,12)13/h2,6H,1H3. The van der Waals surface area contributed by atoms with Crippen LogP contribution < -0.4 is 4.74 Å². The number of pyridine rings is 1. The lowest BCUT2D eigenvalue weighted by Crippen LogP contribution is -2.19. The molecule has 0 atom stereocenters. The third-order valence-electron chi connectivity index (χ3n) is 1.75. The van der Waals surface area contributed by atoms with E-state index in [0.717, 1.165) is 6.92 Å². The van der Waals surface area contributed by atoms with Crippen LogP contribution in [0, 0.1) is 17.0 Å². The number of rotatable bonds is 3. The van der Waals surface area contributed by atoms with Gasteiger partial charge in [-0.05, 0) is 13.0 Å². The summed E-state index contributed by atoms with van der Waals surface area (Å²) >= 11 is 0. The van der Waals surface area contributed by atoms with Gasteiger partial charge in [-0.2, -0.15) is 0 Å². The molecule has 0 fully saturated rings. The van der Waals surface area contributed by atoms with Crippen molar-refractivity contribution < 1.29 is 31.6 Å². The topological polar surface area (TPSA) is 65.3 Å². The van der Waals surface area contributed by atoms with E-state index in [1.54, 1.807) is 0 Å². The predicted molar refractivity (Wildman–Crippen MR) is 47.3 cm³/mol. The third-order valence-corrected chi connectivity index (χ3v) is 1.75. The number of nitro groups is 1. The zero-order valence-corrected chi connectivity index (χ0v) is 8.66. The second-order valence-electron chi connectivity index (χ2n) is 3.11. The first-order chi connectivity index (χ1) is 8.11. The summed E-state index contributed by atoms with van der Waals surface area (Å²) in [4.78, 5) is 12.2. The molecule has 0 aliphatic rings. The van der Waals surface area contributed by atoms with Crippen LogP contribution in [0.2, 0.25) is 0 Å². The van der Waals surface area contributed by atoms with E-state index in [-0.39, 0.29) is 5.69 Å². The van der Waals surface area contributed by atoms with Gasteiger partial charge < -0.3 is 4.74 Å². The van der Waals surface area contributed by atoms with Crippen LogP contribution in [0.5, 0.6) is 5.88 Å². The molecule has 0 bridgehead atoms. The second-order valence-corrected chi connectivity index (χ2v) is 3.11. The Bertz CT molecular complexity index is 475. The second kappa shape index (κ2) is 4.70. The largest absolute Gasteiger partial charge is 0.574 e. The zero-order chi connectivity index (χ0) is 14.1. The average Bonchev–Trinajstić information content (AvgIpc) is 2.12. The molecule has 1 heterocycles. The van der Waals surface area contributed by atoms with E-state index in [2.05, 4.69) is 9.72 Å². The lowest BCUT2D eigenvalue weighted by molar-refractivity contribution is -0.390. The fourth-order valence-electron chi connectivity index (χ4n) is 1.19. The molecular formula is C8H5F5N2O3. The molecule has 1 aromatic heterocycles. The van der Waals surface area contributed by atoms with Gasteiger partial charge in [-0.25, -0.2) is 13.8 Å². The smallest absolute Gasteiger partial charge is 0.381 e. The number of hydrogen-bond donors (Lipinski definition) is 0. The first-order valence-electron chi connectivity index (χ1n) is 4.31. The summed E-state index contributed by atoms with van der Waals surface area (Å²) in [7, 11) is 0. The highest BCUT2D eigenvalue weighted by Crippen LogP contribution is 2.38. The molecule has 0 N–H and O–H groups in total. The van der Waals surface area contributed by atoms with Gasteiger partial charge >= 0.3 is 17.9 Å². The van der Waals surface area contributed by atoms with Gasteiger partial charge in [-0.3, -0.25) is 10.1 Å². The number of alkyl halides is 5. The van der Waals surface area contributed by atoms with Crippen LogP contribution in [-0.2, 0) is 0 Å². The van der Waals surface area contributed by atoms with Crippen LogP contribution in [0.4, 0.5) is 27.6 Å². The number of hydrogen-bond acceptors (Lipinski definition) is 4. The quantitative estimate of drug-likeness (QED) is 0.481. The lowest BCUT2D eigenvalue weighted by atomic mass is 10.2. The van der Waals surface area contributed by atoms with Gasteiger partial charge in [0.05, 0.1) is 4.92 Å². The molecule has 0 saturated heterocycles. The highest BCUT2D eigenvalue weighted by Gasteiger charge is 2.38. The minimum absolute atomic E-state index is 0.254. The Morgan fingerprint density at radius 2 is 2.00 bits per heavy atom. The van der Waals surface area contributed by atoms with Gasteiger partial charge in [-0.15, -0.1) is 13.2 Å². The number of nitrogens with zero attached hydrogens (tertiary/aromatic N) is 2. The van der Waals surface area contributed by atoms with Crippen molar-refractivity contribution in [1.82, 2.24) is 4.98 Å². The minimum Gasteiger partial charge on any atom is -0.381 e. The summed E-state index contributed by atoms with van der Waals surface area (Å²) in [5.41, 5.74) is -2.92. The van der Waals surface area contributed by atoms with E-state index in [9.17, 15) is 32.1 Å². The number of aromatic nitrogens is 1. The Morgan fingerprint density at radius 3 is 2.39 bits per heavy atom. The number of ether oxygens (including phenoxy) is 1. The van der Waals surface area contributed by atoms with Crippen LogP contribution in [0.3, 0.4) is 0 Å². The minimum atomic E-state index is -5.26. The van der Waals surface area contributed by atoms with Gasteiger partial charge in [0.15, 0.2) is 0 Å². The summed E-state index contributed by atoms with van der Waals surface area (Å²) in [6, 6.07) is 0.631. The van der Waals surface area contributed by atoms with E-state index in [1.807, 2.05) is 0 Å². The first kappa shape index (κ1) is 14.1. The summed E-state index contributed by atoms with van der Waals surface area (Å²) in [6.07, 6.45) is -8.58.